The van der Waals surface area contributed by atoms with Crippen LogP contribution in [0.5, 0.6) is 0 Å². The van der Waals surface area contributed by atoms with Crippen LogP contribution in [0.4, 0.5) is 10.1 Å². The summed E-state index contributed by atoms with van der Waals surface area (Å²) < 4.78 is 40.9. The molecule has 7 heteroatoms. The largest absolute Gasteiger partial charge is 0.352 e. The van der Waals surface area contributed by atoms with Gasteiger partial charge in [-0.05, 0) is 37.6 Å². The van der Waals surface area contributed by atoms with Crippen molar-refractivity contribution < 1.29 is 17.6 Å². The van der Waals surface area contributed by atoms with E-state index < -0.39 is 15.8 Å². The molecule has 26 heavy (non-hydrogen) atoms. The summed E-state index contributed by atoms with van der Waals surface area (Å²) in [6, 6.07) is 10.3. The molecular formula is C19H21FN2O3S. The number of nitrogens with one attached hydrogen (secondary N) is 1. The third-order valence-electron chi connectivity index (χ3n) is 4.39. The molecule has 1 heterocycles. The van der Waals surface area contributed by atoms with Crippen molar-refractivity contribution in [2.24, 2.45) is 0 Å². The Kier molecular flexibility index (Phi) is 5.00. The molecular weight excluding hydrogens is 355 g/mol. The molecule has 0 aliphatic carbocycles. The first kappa shape index (κ1) is 18.4. The fourth-order valence-electron chi connectivity index (χ4n) is 3.23. The van der Waals surface area contributed by atoms with Crippen molar-refractivity contribution in [3.8, 4) is 11.1 Å². The lowest BCUT2D eigenvalue weighted by molar-refractivity contribution is -0.120. The lowest BCUT2D eigenvalue weighted by Gasteiger charge is -2.32. The van der Waals surface area contributed by atoms with Crippen molar-refractivity contribution >= 4 is 21.6 Å². The summed E-state index contributed by atoms with van der Waals surface area (Å²) >= 11 is 0. The summed E-state index contributed by atoms with van der Waals surface area (Å²) in [5.41, 5.74) is 1.21. The number of sulfonamides is 1. The number of hydrogen-bond donors (Lipinski definition) is 1. The number of anilines is 1. The van der Waals surface area contributed by atoms with E-state index in [-0.39, 0.29) is 23.4 Å². The first-order chi connectivity index (χ1) is 12.3. The number of halogens is 1. The molecule has 1 N–H and O–H groups in total. The monoisotopic (exact) mass is 376 g/mol. The minimum absolute atomic E-state index is 0.0417. The van der Waals surface area contributed by atoms with Gasteiger partial charge in [-0.3, -0.25) is 9.10 Å². The van der Waals surface area contributed by atoms with Crippen LogP contribution in [0.3, 0.4) is 0 Å². The van der Waals surface area contributed by atoms with Gasteiger partial charge in [0.2, 0.25) is 5.91 Å². The molecule has 2 aromatic carbocycles. The number of nitrogens with zero attached hydrogens (tertiary/aromatic N) is 1. The SMILES string of the molecule is CCCC(C)NC(=O)CN1c2ccc(F)cc2-c2ccccc2S1(=O)=O. The third-order valence-corrected chi connectivity index (χ3v) is 6.21. The van der Waals surface area contributed by atoms with Gasteiger partial charge in [0.15, 0.2) is 0 Å². The molecule has 2 aromatic rings. The number of amides is 1. The first-order valence-electron chi connectivity index (χ1n) is 8.55. The van der Waals surface area contributed by atoms with E-state index >= 15 is 0 Å². The molecule has 1 unspecified atom stereocenters. The molecule has 0 saturated carbocycles. The smallest absolute Gasteiger partial charge is 0.265 e. The Balaban J connectivity index is 2.02. The maximum Gasteiger partial charge on any atom is 0.265 e. The molecule has 1 aliphatic heterocycles. The van der Waals surface area contributed by atoms with E-state index in [1.54, 1.807) is 18.2 Å². The van der Waals surface area contributed by atoms with E-state index in [9.17, 15) is 17.6 Å². The molecule has 0 saturated heterocycles. The molecule has 0 bridgehead atoms. The van der Waals surface area contributed by atoms with Gasteiger partial charge in [-0.2, -0.15) is 0 Å². The summed E-state index contributed by atoms with van der Waals surface area (Å²) in [7, 11) is -3.90. The predicted molar refractivity (Wildman–Crippen MR) is 98.9 cm³/mol. The van der Waals surface area contributed by atoms with Gasteiger partial charge in [-0.25, -0.2) is 12.8 Å². The van der Waals surface area contributed by atoms with Crippen molar-refractivity contribution in [2.45, 2.75) is 37.6 Å². The van der Waals surface area contributed by atoms with Crippen molar-refractivity contribution in [3.63, 3.8) is 0 Å². The molecule has 0 aromatic heterocycles. The van der Waals surface area contributed by atoms with Crippen LogP contribution in [0.2, 0.25) is 0 Å². The summed E-state index contributed by atoms with van der Waals surface area (Å²) in [4.78, 5) is 12.5. The van der Waals surface area contributed by atoms with Crippen LogP contribution in [0.1, 0.15) is 26.7 Å². The van der Waals surface area contributed by atoms with Crippen LogP contribution in [0.25, 0.3) is 11.1 Å². The second-order valence-corrected chi connectivity index (χ2v) is 8.26. The molecule has 3 rings (SSSR count). The normalized spacial score (nSPS) is 15.7. The summed E-state index contributed by atoms with van der Waals surface area (Å²) in [6.07, 6.45) is 1.72. The lowest BCUT2D eigenvalue weighted by Crippen LogP contribution is -2.44. The standard InChI is InChI=1S/C19H21FN2O3S/c1-3-6-13(2)21-19(23)12-22-17-10-9-14(20)11-16(17)15-7-4-5-8-18(15)26(22,24)25/h4-5,7-11,13H,3,6,12H2,1-2H3,(H,21,23). The maximum atomic E-state index is 13.8. The number of carbonyl (C=O) groups excluding carboxylic acids is 1. The molecule has 0 fully saturated rings. The fourth-order valence-corrected chi connectivity index (χ4v) is 4.88. The molecule has 1 aliphatic rings. The van der Waals surface area contributed by atoms with Crippen LogP contribution < -0.4 is 9.62 Å². The highest BCUT2D eigenvalue weighted by atomic mass is 32.2. The number of benzene rings is 2. The Morgan fingerprint density at radius 1 is 1.19 bits per heavy atom. The topological polar surface area (TPSA) is 66.5 Å². The maximum absolute atomic E-state index is 13.8. The minimum atomic E-state index is -3.90. The summed E-state index contributed by atoms with van der Waals surface area (Å²) in [6.45, 7) is 3.55. The van der Waals surface area contributed by atoms with Crippen LogP contribution in [-0.4, -0.2) is 26.9 Å². The first-order valence-corrected chi connectivity index (χ1v) is 9.99. The van der Waals surface area contributed by atoms with Crippen LogP contribution >= 0.6 is 0 Å². The van der Waals surface area contributed by atoms with E-state index in [2.05, 4.69) is 5.32 Å². The zero-order chi connectivity index (χ0) is 18.9. The summed E-state index contributed by atoms with van der Waals surface area (Å²) in [5.74, 6) is -0.844. The summed E-state index contributed by atoms with van der Waals surface area (Å²) in [5, 5.41) is 2.81. The van der Waals surface area contributed by atoms with Gasteiger partial charge >= 0.3 is 0 Å². The number of carbonyl (C=O) groups is 1. The molecule has 0 radical (unpaired) electrons. The Morgan fingerprint density at radius 2 is 1.92 bits per heavy atom. The zero-order valence-corrected chi connectivity index (χ0v) is 15.5. The van der Waals surface area contributed by atoms with Gasteiger partial charge in [-0.1, -0.05) is 31.5 Å². The minimum Gasteiger partial charge on any atom is -0.352 e. The lowest BCUT2D eigenvalue weighted by atomic mass is 10.0. The van der Waals surface area contributed by atoms with Gasteiger partial charge in [0.1, 0.15) is 12.4 Å². The van der Waals surface area contributed by atoms with Gasteiger partial charge in [0.25, 0.3) is 10.0 Å². The number of rotatable bonds is 5. The van der Waals surface area contributed by atoms with Gasteiger partial charge in [0, 0.05) is 17.2 Å². The van der Waals surface area contributed by atoms with Crippen LogP contribution in [0, 0.1) is 5.82 Å². The Hall–Kier alpha value is -2.41. The molecule has 0 spiro atoms. The third kappa shape index (κ3) is 3.31. The Bertz CT molecular complexity index is 944. The fraction of sp³-hybridized carbons (Fsp3) is 0.316. The van der Waals surface area contributed by atoms with Crippen molar-refractivity contribution in [3.05, 3.63) is 48.3 Å². The molecule has 1 atom stereocenters. The molecule has 5 nitrogen and oxygen atoms in total. The van der Waals surface area contributed by atoms with E-state index in [0.29, 0.717) is 16.8 Å². The quantitative estimate of drug-likeness (QED) is 0.871. The number of fused-ring (bicyclic) bond motifs is 3. The number of hydrogen-bond acceptors (Lipinski definition) is 3. The van der Waals surface area contributed by atoms with Gasteiger partial charge in [0.05, 0.1) is 10.6 Å². The average Bonchev–Trinajstić information content (AvgIpc) is 2.59. The highest BCUT2D eigenvalue weighted by molar-refractivity contribution is 7.93. The van der Waals surface area contributed by atoms with Gasteiger partial charge < -0.3 is 5.32 Å². The second-order valence-electron chi connectivity index (χ2n) is 6.43. The van der Waals surface area contributed by atoms with E-state index in [0.717, 1.165) is 17.1 Å². The predicted octanol–water partition coefficient (Wildman–Crippen LogP) is 3.31. The highest BCUT2D eigenvalue weighted by Crippen LogP contribution is 2.42. The van der Waals surface area contributed by atoms with Gasteiger partial charge in [-0.15, -0.1) is 0 Å². The van der Waals surface area contributed by atoms with Crippen LogP contribution in [-0.2, 0) is 14.8 Å². The van der Waals surface area contributed by atoms with Crippen molar-refractivity contribution in [2.75, 3.05) is 10.8 Å². The molecule has 138 valence electrons. The van der Waals surface area contributed by atoms with Crippen molar-refractivity contribution in [1.82, 2.24) is 5.32 Å². The molecule has 1 amide bonds. The Morgan fingerprint density at radius 3 is 2.65 bits per heavy atom. The Labute approximate surface area is 152 Å². The van der Waals surface area contributed by atoms with Crippen LogP contribution in [0.15, 0.2) is 47.4 Å². The van der Waals surface area contributed by atoms with Crippen molar-refractivity contribution in [1.29, 1.82) is 0 Å². The highest BCUT2D eigenvalue weighted by Gasteiger charge is 2.36. The second kappa shape index (κ2) is 7.07. The zero-order valence-electron chi connectivity index (χ0n) is 14.7. The van der Waals surface area contributed by atoms with E-state index in [1.807, 2.05) is 13.8 Å². The van der Waals surface area contributed by atoms with E-state index in [4.69, 9.17) is 0 Å². The average molecular weight is 376 g/mol. The van der Waals surface area contributed by atoms with E-state index in [1.165, 1.54) is 24.3 Å².